The molecular formula is C13H25N3O3. The molecule has 110 valence electrons. The zero-order valence-corrected chi connectivity index (χ0v) is 12.1. The van der Waals surface area contributed by atoms with Gasteiger partial charge in [-0.3, -0.25) is 0 Å². The first-order valence-electron chi connectivity index (χ1n) is 7.04. The molecule has 0 radical (unpaired) electrons. The van der Waals surface area contributed by atoms with Gasteiger partial charge in [-0.25, -0.2) is 0 Å². The summed E-state index contributed by atoms with van der Waals surface area (Å²) in [4.78, 5) is 2.77. The fraction of sp³-hybridized carbons (Fsp3) is 1.00. The van der Waals surface area contributed by atoms with Crippen LogP contribution in [0.25, 0.3) is 10.4 Å². The van der Waals surface area contributed by atoms with Crippen LogP contribution in [0.4, 0.5) is 0 Å². The number of hydrogen-bond acceptors (Lipinski definition) is 4. The van der Waals surface area contributed by atoms with E-state index in [4.69, 9.17) is 15.0 Å². The van der Waals surface area contributed by atoms with Crippen LogP contribution < -0.4 is 0 Å². The summed E-state index contributed by atoms with van der Waals surface area (Å²) < 4.78 is 11.6. The highest BCUT2D eigenvalue weighted by Crippen LogP contribution is 2.33. The van der Waals surface area contributed by atoms with E-state index in [1.165, 1.54) is 12.8 Å². The molecule has 0 bridgehead atoms. The first kappa shape index (κ1) is 16.2. The molecule has 3 atom stereocenters. The smallest absolute Gasteiger partial charge is 0.163 e. The van der Waals surface area contributed by atoms with Gasteiger partial charge in [-0.15, -0.1) is 0 Å². The first-order chi connectivity index (χ1) is 9.04. The number of unbranched alkanes of at least 4 members (excludes halogenated alkanes) is 3. The Hall–Kier alpha value is -0.810. The highest BCUT2D eigenvalue weighted by molar-refractivity contribution is 4.90. The Bertz CT molecular complexity index is 316. The van der Waals surface area contributed by atoms with E-state index in [0.717, 1.165) is 19.3 Å². The maximum Gasteiger partial charge on any atom is 0.163 e. The molecule has 0 aliphatic carbocycles. The van der Waals surface area contributed by atoms with Gasteiger partial charge in [-0.1, -0.05) is 37.7 Å². The number of aliphatic hydroxyl groups is 1. The normalized spacial score (nSPS) is 26.9. The van der Waals surface area contributed by atoms with E-state index >= 15 is 0 Å². The summed E-state index contributed by atoms with van der Waals surface area (Å²) >= 11 is 0. The molecule has 1 rings (SSSR count). The lowest BCUT2D eigenvalue weighted by Crippen LogP contribution is -2.36. The van der Waals surface area contributed by atoms with Crippen LogP contribution in [0, 0.1) is 0 Å². The first-order valence-corrected chi connectivity index (χ1v) is 7.04. The van der Waals surface area contributed by atoms with Crippen molar-refractivity contribution in [3.63, 3.8) is 0 Å². The molecular weight excluding hydrogens is 246 g/mol. The van der Waals surface area contributed by atoms with Crippen LogP contribution in [0.2, 0.25) is 0 Å². The summed E-state index contributed by atoms with van der Waals surface area (Å²) in [6, 6.07) is -0.581. The van der Waals surface area contributed by atoms with Gasteiger partial charge in [-0.2, -0.15) is 0 Å². The number of azide groups is 1. The molecule has 1 aliphatic heterocycles. The zero-order valence-electron chi connectivity index (χ0n) is 12.1. The van der Waals surface area contributed by atoms with Gasteiger partial charge >= 0.3 is 0 Å². The van der Waals surface area contributed by atoms with Gasteiger partial charge < -0.3 is 14.6 Å². The molecule has 0 aromatic rings. The van der Waals surface area contributed by atoms with Gasteiger partial charge in [-0.05, 0) is 25.8 Å². The van der Waals surface area contributed by atoms with Crippen LogP contribution in [0.3, 0.4) is 0 Å². The van der Waals surface area contributed by atoms with Crippen LogP contribution in [0.1, 0.15) is 52.9 Å². The predicted octanol–water partition coefficient (Wildman–Crippen LogP) is 3.15. The molecule has 1 N–H and O–H groups in total. The molecule has 1 saturated heterocycles. The largest absolute Gasteiger partial charge is 0.396 e. The molecule has 1 fully saturated rings. The fourth-order valence-electron chi connectivity index (χ4n) is 2.46. The minimum Gasteiger partial charge on any atom is -0.396 e. The summed E-state index contributed by atoms with van der Waals surface area (Å²) in [6.07, 6.45) is 5.01. The minimum absolute atomic E-state index is 0.116. The van der Waals surface area contributed by atoms with E-state index in [2.05, 4.69) is 16.9 Å². The van der Waals surface area contributed by atoms with E-state index in [1.54, 1.807) is 0 Å². The average molecular weight is 271 g/mol. The standard InChI is InChI=1S/C13H25N3O3/c1-4-5-6-7-8-11-12(10(9-17)15-16-14)19-13(2,3)18-11/h10-12,17H,4-9H2,1-3H3/t10-,11+,12+/m1/s1. The summed E-state index contributed by atoms with van der Waals surface area (Å²) in [5.74, 6) is -0.682. The third-order valence-electron chi connectivity index (χ3n) is 3.33. The Labute approximate surface area is 114 Å². The van der Waals surface area contributed by atoms with Crippen molar-refractivity contribution in [3.8, 4) is 0 Å². The number of nitrogens with zero attached hydrogens (tertiary/aromatic N) is 3. The molecule has 1 heterocycles. The van der Waals surface area contributed by atoms with E-state index in [9.17, 15) is 5.11 Å². The summed E-state index contributed by atoms with van der Waals surface area (Å²) in [5, 5.41) is 12.9. The monoisotopic (exact) mass is 271 g/mol. The highest BCUT2D eigenvalue weighted by atomic mass is 16.8. The SMILES string of the molecule is CCCCCC[C@@H]1OC(C)(C)O[C@H]1[C@@H](CO)N=[N+]=[N-]. The van der Waals surface area contributed by atoms with E-state index < -0.39 is 11.8 Å². The number of aliphatic hydroxyl groups excluding tert-OH is 1. The summed E-state index contributed by atoms with van der Waals surface area (Å²) in [6.45, 7) is 5.64. The van der Waals surface area contributed by atoms with Gasteiger partial charge in [0, 0.05) is 4.91 Å². The van der Waals surface area contributed by atoms with Crippen molar-refractivity contribution < 1.29 is 14.6 Å². The van der Waals surface area contributed by atoms with Crippen molar-refractivity contribution in [3.05, 3.63) is 10.4 Å². The van der Waals surface area contributed by atoms with Crippen LogP contribution in [-0.4, -0.2) is 35.8 Å². The van der Waals surface area contributed by atoms with E-state index in [-0.39, 0.29) is 18.8 Å². The Morgan fingerprint density at radius 2 is 2.05 bits per heavy atom. The van der Waals surface area contributed by atoms with Gasteiger partial charge in [0.1, 0.15) is 0 Å². The lowest BCUT2D eigenvalue weighted by molar-refractivity contribution is -0.148. The lowest BCUT2D eigenvalue weighted by atomic mass is 10.0. The maximum atomic E-state index is 9.31. The molecule has 6 nitrogen and oxygen atoms in total. The quantitative estimate of drug-likeness (QED) is 0.318. The van der Waals surface area contributed by atoms with Crippen LogP contribution in [0.15, 0.2) is 5.11 Å². The third-order valence-corrected chi connectivity index (χ3v) is 3.33. The van der Waals surface area contributed by atoms with Gasteiger partial charge in [0.15, 0.2) is 5.79 Å². The zero-order chi connectivity index (χ0) is 14.3. The fourth-order valence-corrected chi connectivity index (χ4v) is 2.46. The Morgan fingerprint density at radius 3 is 2.63 bits per heavy atom. The van der Waals surface area contributed by atoms with Crippen molar-refractivity contribution in [2.75, 3.05) is 6.61 Å². The van der Waals surface area contributed by atoms with Crippen LogP contribution in [0.5, 0.6) is 0 Å². The number of ether oxygens (including phenoxy) is 2. The molecule has 0 saturated carbocycles. The highest BCUT2D eigenvalue weighted by Gasteiger charge is 2.44. The van der Waals surface area contributed by atoms with E-state index in [0.29, 0.717) is 0 Å². The second kappa shape index (κ2) is 7.70. The average Bonchev–Trinajstić information content (AvgIpc) is 2.67. The second-order valence-electron chi connectivity index (χ2n) is 5.44. The molecule has 1 aliphatic rings. The van der Waals surface area contributed by atoms with Crippen LogP contribution in [-0.2, 0) is 9.47 Å². The van der Waals surface area contributed by atoms with Crippen molar-refractivity contribution in [1.29, 1.82) is 0 Å². The molecule has 0 amide bonds. The van der Waals surface area contributed by atoms with Crippen molar-refractivity contribution in [1.82, 2.24) is 0 Å². The number of hydrogen-bond donors (Lipinski definition) is 1. The Kier molecular flexibility index (Phi) is 6.58. The Balaban J connectivity index is 2.61. The minimum atomic E-state index is -0.682. The molecule has 0 spiro atoms. The third kappa shape index (κ3) is 4.99. The van der Waals surface area contributed by atoms with Gasteiger partial charge in [0.25, 0.3) is 0 Å². The van der Waals surface area contributed by atoms with Gasteiger partial charge in [0.2, 0.25) is 0 Å². The van der Waals surface area contributed by atoms with Gasteiger partial charge in [0.05, 0.1) is 24.9 Å². The topological polar surface area (TPSA) is 87.5 Å². The number of rotatable bonds is 8. The summed E-state index contributed by atoms with van der Waals surface area (Å²) in [5.41, 5.74) is 8.54. The van der Waals surface area contributed by atoms with Crippen molar-refractivity contribution in [2.45, 2.75) is 76.9 Å². The predicted molar refractivity (Wildman–Crippen MR) is 72.6 cm³/mol. The summed E-state index contributed by atoms with van der Waals surface area (Å²) in [7, 11) is 0. The van der Waals surface area contributed by atoms with Crippen molar-refractivity contribution in [2.24, 2.45) is 5.11 Å². The van der Waals surface area contributed by atoms with Crippen LogP contribution >= 0.6 is 0 Å². The molecule has 0 aromatic carbocycles. The van der Waals surface area contributed by atoms with Crippen molar-refractivity contribution >= 4 is 0 Å². The lowest BCUT2D eigenvalue weighted by Gasteiger charge is -2.21. The molecule has 0 unspecified atom stereocenters. The molecule has 0 aromatic heterocycles. The van der Waals surface area contributed by atoms with E-state index in [1.807, 2.05) is 13.8 Å². The maximum absolute atomic E-state index is 9.31. The second-order valence-corrected chi connectivity index (χ2v) is 5.44. The molecule has 19 heavy (non-hydrogen) atoms. The molecule has 6 heteroatoms. The Morgan fingerprint density at radius 1 is 1.32 bits per heavy atom.